The van der Waals surface area contributed by atoms with Gasteiger partial charge in [0.25, 0.3) is 0 Å². The smallest absolute Gasteiger partial charge is 0.326 e. The van der Waals surface area contributed by atoms with Crippen LogP contribution in [0.5, 0.6) is 0 Å². The molecule has 21 heavy (non-hydrogen) atoms. The molecule has 5 heteroatoms. The lowest BCUT2D eigenvalue weighted by Crippen LogP contribution is -2.46. The average Bonchev–Trinajstić information content (AvgIpc) is 2.87. The Morgan fingerprint density at radius 1 is 1.29 bits per heavy atom. The maximum Gasteiger partial charge on any atom is 0.326 e. The molecule has 112 valence electrons. The zero-order chi connectivity index (χ0) is 15.4. The Balaban J connectivity index is 2.09. The van der Waals surface area contributed by atoms with Gasteiger partial charge in [-0.15, -0.1) is 0 Å². The van der Waals surface area contributed by atoms with Crippen molar-refractivity contribution in [2.24, 2.45) is 5.92 Å². The maximum atomic E-state index is 12.1. The highest BCUT2D eigenvalue weighted by Gasteiger charge is 2.25. The number of carboxylic acids is 1. The normalized spacial score (nSPS) is 13.8. The molecule has 1 aromatic heterocycles. The highest BCUT2D eigenvalue weighted by Crippen LogP contribution is 2.15. The minimum absolute atomic E-state index is 0.104. The molecule has 2 aromatic rings. The van der Waals surface area contributed by atoms with E-state index >= 15 is 0 Å². The van der Waals surface area contributed by atoms with Gasteiger partial charge in [-0.05, 0) is 23.4 Å². The Labute approximate surface area is 123 Å². The molecule has 0 unspecified atom stereocenters. The number of carbonyl (C=O) groups excluding carboxylic acids is 1. The number of hydrogen-bond acceptors (Lipinski definition) is 2. The average molecular weight is 288 g/mol. The number of amides is 1. The zero-order valence-corrected chi connectivity index (χ0v) is 12.2. The predicted octanol–water partition coefficient (Wildman–Crippen LogP) is 2.26. The van der Waals surface area contributed by atoms with Gasteiger partial charge in [0.2, 0.25) is 5.91 Å². The lowest BCUT2D eigenvalue weighted by molar-refractivity contribution is -0.143. The summed E-state index contributed by atoms with van der Waals surface area (Å²) in [4.78, 5) is 23.3. The minimum Gasteiger partial charge on any atom is -0.480 e. The number of aromatic nitrogens is 1. The molecule has 2 rings (SSSR count). The Kier molecular flexibility index (Phi) is 4.62. The van der Waals surface area contributed by atoms with Gasteiger partial charge >= 0.3 is 5.97 Å². The van der Waals surface area contributed by atoms with E-state index in [1.54, 1.807) is 0 Å². The molecule has 2 N–H and O–H groups in total. The SMILES string of the molecule is CC[C@H](C)[C@@H](NC(=O)Cn1ccc2ccccc21)C(=O)O. The number of nitrogens with zero attached hydrogens (tertiary/aromatic N) is 1. The quantitative estimate of drug-likeness (QED) is 0.856. The maximum absolute atomic E-state index is 12.1. The van der Waals surface area contributed by atoms with Crippen LogP contribution in [0.2, 0.25) is 0 Å². The van der Waals surface area contributed by atoms with Crippen molar-refractivity contribution in [2.45, 2.75) is 32.9 Å². The second kappa shape index (κ2) is 6.43. The number of nitrogens with one attached hydrogen (secondary N) is 1. The first-order valence-corrected chi connectivity index (χ1v) is 7.09. The molecule has 0 aliphatic heterocycles. The number of carbonyl (C=O) groups is 2. The molecule has 0 saturated carbocycles. The van der Waals surface area contributed by atoms with Crippen LogP contribution in [0.25, 0.3) is 10.9 Å². The van der Waals surface area contributed by atoms with Crippen molar-refractivity contribution in [3.05, 3.63) is 36.5 Å². The van der Waals surface area contributed by atoms with E-state index < -0.39 is 12.0 Å². The molecule has 1 heterocycles. The Morgan fingerprint density at radius 2 is 2.00 bits per heavy atom. The molecule has 1 amide bonds. The fourth-order valence-corrected chi connectivity index (χ4v) is 2.34. The van der Waals surface area contributed by atoms with Crippen LogP contribution in [0, 0.1) is 5.92 Å². The van der Waals surface area contributed by atoms with Crippen LogP contribution in [0.3, 0.4) is 0 Å². The highest BCUT2D eigenvalue weighted by molar-refractivity contribution is 5.86. The molecule has 0 radical (unpaired) electrons. The van der Waals surface area contributed by atoms with E-state index in [-0.39, 0.29) is 18.4 Å². The molecular formula is C16H20N2O3. The number of fused-ring (bicyclic) bond motifs is 1. The standard InChI is InChI=1S/C16H20N2O3/c1-3-11(2)15(16(20)21)17-14(19)10-18-9-8-12-6-4-5-7-13(12)18/h4-9,11,15H,3,10H2,1-2H3,(H,17,19)(H,20,21)/t11-,15+/m0/s1. The van der Waals surface area contributed by atoms with Crippen LogP contribution in [0.15, 0.2) is 36.5 Å². The number of benzene rings is 1. The van der Waals surface area contributed by atoms with Gasteiger partial charge in [0.1, 0.15) is 12.6 Å². The van der Waals surface area contributed by atoms with Crippen molar-refractivity contribution >= 4 is 22.8 Å². The Morgan fingerprint density at radius 3 is 2.67 bits per heavy atom. The fraction of sp³-hybridized carbons (Fsp3) is 0.375. The van der Waals surface area contributed by atoms with E-state index in [0.29, 0.717) is 6.42 Å². The van der Waals surface area contributed by atoms with Crippen LogP contribution in [-0.2, 0) is 16.1 Å². The fourth-order valence-electron chi connectivity index (χ4n) is 2.34. The van der Waals surface area contributed by atoms with Gasteiger partial charge < -0.3 is 15.0 Å². The zero-order valence-electron chi connectivity index (χ0n) is 12.2. The van der Waals surface area contributed by atoms with Crippen LogP contribution < -0.4 is 5.32 Å². The Hall–Kier alpha value is -2.30. The van der Waals surface area contributed by atoms with Gasteiger partial charge in [-0.1, -0.05) is 38.5 Å². The predicted molar refractivity (Wildman–Crippen MR) is 81.0 cm³/mol. The number of rotatable bonds is 6. The topological polar surface area (TPSA) is 71.3 Å². The minimum atomic E-state index is -0.991. The molecule has 1 aromatic carbocycles. The number of hydrogen-bond donors (Lipinski definition) is 2. The second-order valence-corrected chi connectivity index (χ2v) is 5.27. The van der Waals surface area contributed by atoms with E-state index in [1.807, 2.05) is 54.9 Å². The molecular weight excluding hydrogens is 268 g/mol. The van der Waals surface area contributed by atoms with E-state index in [4.69, 9.17) is 0 Å². The number of para-hydroxylation sites is 1. The summed E-state index contributed by atoms with van der Waals surface area (Å²) in [5.74, 6) is -1.38. The van der Waals surface area contributed by atoms with Gasteiger partial charge in [-0.25, -0.2) is 4.79 Å². The summed E-state index contributed by atoms with van der Waals surface area (Å²) in [6, 6.07) is 8.86. The molecule has 0 saturated heterocycles. The highest BCUT2D eigenvalue weighted by atomic mass is 16.4. The van der Waals surface area contributed by atoms with Crippen molar-refractivity contribution in [2.75, 3.05) is 0 Å². The van der Waals surface area contributed by atoms with Crippen molar-refractivity contribution in [1.29, 1.82) is 0 Å². The summed E-state index contributed by atoms with van der Waals surface area (Å²) in [5, 5.41) is 12.9. The van der Waals surface area contributed by atoms with E-state index in [0.717, 1.165) is 10.9 Å². The van der Waals surface area contributed by atoms with Crippen molar-refractivity contribution in [3.8, 4) is 0 Å². The van der Waals surface area contributed by atoms with E-state index in [2.05, 4.69) is 5.32 Å². The molecule has 2 atom stereocenters. The van der Waals surface area contributed by atoms with Crippen LogP contribution in [-0.4, -0.2) is 27.6 Å². The summed E-state index contributed by atoms with van der Waals surface area (Å²) >= 11 is 0. The van der Waals surface area contributed by atoms with Gasteiger partial charge in [0.05, 0.1) is 0 Å². The van der Waals surface area contributed by atoms with Gasteiger partial charge in [-0.3, -0.25) is 4.79 Å². The molecule has 0 fully saturated rings. The van der Waals surface area contributed by atoms with Crippen molar-refractivity contribution in [1.82, 2.24) is 9.88 Å². The third kappa shape index (κ3) is 3.42. The third-order valence-electron chi connectivity index (χ3n) is 3.79. The first-order valence-electron chi connectivity index (χ1n) is 7.09. The monoisotopic (exact) mass is 288 g/mol. The Bertz CT molecular complexity index is 648. The number of carboxylic acid groups (broad SMARTS) is 1. The lowest BCUT2D eigenvalue weighted by atomic mass is 9.99. The summed E-state index contributed by atoms with van der Waals surface area (Å²) in [6.07, 6.45) is 2.53. The van der Waals surface area contributed by atoms with E-state index in [9.17, 15) is 14.7 Å². The van der Waals surface area contributed by atoms with Crippen LogP contribution in [0.4, 0.5) is 0 Å². The first-order chi connectivity index (χ1) is 10.0. The molecule has 0 aliphatic carbocycles. The van der Waals surface area contributed by atoms with Crippen molar-refractivity contribution in [3.63, 3.8) is 0 Å². The largest absolute Gasteiger partial charge is 0.480 e. The molecule has 0 aliphatic rings. The first kappa shape index (κ1) is 15.1. The van der Waals surface area contributed by atoms with Crippen LogP contribution in [0.1, 0.15) is 20.3 Å². The summed E-state index contributed by atoms with van der Waals surface area (Å²) < 4.78 is 1.82. The van der Waals surface area contributed by atoms with Crippen molar-refractivity contribution < 1.29 is 14.7 Å². The van der Waals surface area contributed by atoms with E-state index in [1.165, 1.54) is 0 Å². The third-order valence-corrected chi connectivity index (χ3v) is 3.79. The van der Waals surface area contributed by atoms with Gasteiger partial charge in [0, 0.05) is 11.7 Å². The molecule has 0 bridgehead atoms. The second-order valence-electron chi connectivity index (χ2n) is 5.27. The molecule has 0 spiro atoms. The lowest BCUT2D eigenvalue weighted by Gasteiger charge is -2.20. The van der Waals surface area contributed by atoms with Gasteiger partial charge in [-0.2, -0.15) is 0 Å². The molecule has 5 nitrogen and oxygen atoms in total. The number of aliphatic carboxylic acids is 1. The van der Waals surface area contributed by atoms with Gasteiger partial charge in [0.15, 0.2) is 0 Å². The van der Waals surface area contributed by atoms with Crippen LogP contribution >= 0.6 is 0 Å². The summed E-state index contributed by atoms with van der Waals surface area (Å²) in [6.45, 7) is 3.85. The summed E-state index contributed by atoms with van der Waals surface area (Å²) in [7, 11) is 0. The summed E-state index contributed by atoms with van der Waals surface area (Å²) in [5.41, 5.74) is 0.961.